The second kappa shape index (κ2) is 8.29. The third kappa shape index (κ3) is 4.70. The van der Waals surface area contributed by atoms with Gasteiger partial charge in [-0.3, -0.25) is 9.59 Å². The fourth-order valence-corrected chi connectivity index (χ4v) is 2.75. The van der Waals surface area contributed by atoms with Crippen molar-refractivity contribution in [2.75, 3.05) is 10.6 Å². The molecule has 0 aliphatic rings. The average molecular weight is 403 g/mol. The SMILES string of the molecule is CCC(=O)Nc1ccc(NC(=O)c2ccc(-c3cc(Cl)ccc3Cl)o2)cc1. The van der Waals surface area contributed by atoms with E-state index in [1.54, 1.807) is 61.5 Å². The zero-order valence-corrected chi connectivity index (χ0v) is 15.9. The van der Waals surface area contributed by atoms with Gasteiger partial charge in [0.15, 0.2) is 5.76 Å². The molecule has 1 heterocycles. The normalized spacial score (nSPS) is 10.5. The molecule has 138 valence electrons. The van der Waals surface area contributed by atoms with Crippen molar-refractivity contribution >= 4 is 46.4 Å². The van der Waals surface area contributed by atoms with Crippen molar-refractivity contribution in [2.24, 2.45) is 0 Å². The second-order valence-electron chi connectivity index (χ2n) is 5.72. The van der Waals surface area contributed by atoms with Gasteiger partial charge in [-0.25, -0.2) is 0 Å². The highest BCUT2D eigenvalue weighted by Gasteiger charge is 2.14. The topological polar surface area (TPSA) is 71.3 Å². The largest absolute Gasteiger partial charge is 0.451 e. The van der Waals surface area contributed by atoms with Crippen molar-refractivity contribution in [3.8, 4) is 11.3 Å². The molecule has 5 nitrogen and oxygen atoms in total. The van der Waals surface area contributed by atoms with Crippen LogP contribution in [-0.2, 0) is 4.79 Å². The standard InChI is InChI=1S/C20H16Cl2N2O3/c1-2-19(25)23-13-4-6-14(7-5-13)24-20(26)18-10-9-17(27-18)15-11-12(21)3-8-16(15)22/h3-11H,2H2,1H3,(H,23,25)(H,24,26). The van der Waals surface area contributed by atoms with Gasteiger partial charge in [-0.05, 0) is 54.6 Å². The molecule has 0 aliphatic carbocycles. The number of halogens is 2. The van der Waals surface area contributed by atoms with Crippen molar-refractivity contribution in [2.45, 2.75) is 13.3 Å². The van der Waals surface area contributed by atoms with Crippen molar-refractivity contribution in [1.29, 1.82) is 0 Å². The summed E-state index contributed by atoms with van der Waals surface area (Å²) in [7, 11) is 0. The highest BCUT2D eigenvalue weighted by Crippen LogP contribution is 2.32. The molecule has 0 bridgehead atoms. The molecule has 0 saturated carbocycles. The van der Waals surface area contributed by atoms with Crippen LogP contribution in [0.1, 0.15) is 23.9 Å². The monoisotopic (exact) mass is 402 g/mol. The zero-order valence-electron chi connectivity index (χ0n) is 14.4. The first-order valence-electron chi connectivity index (χ1n) is 8.23. The number of furan rings is 1. The maximum absolute atomic E-state index is 12.4. The van der Waals surface area contributed by atoms with E-state index in [1.165, 1.54) is 0 Å². The molecule has 2 amide bonds. The number of hydrogen-bond donors (Lipinski definition) is 2. The molecular formula is C20H16Cl2N2O3. The summed E-state index contributed by atoms with van der Waals surface area (Å²) in [5.74, 6) is 0.119. The van der Waals surface area contributed by atoms with Gasteiger partial charge in [-0.1, -0.05) is 30.1 Å². The molecule has 2 N–H and O–H groups in total. The van der Waals surface area contributed by atoms with E-state index in [2.05, 4.69) is 10.6 Å². The first kappa shape index (κ1) is 19.0. The van der Waals surface area contributed by atoms with E-state index in [4.69, 9.17) is 27.6 Å². The lowest BCUT2D eigenvalue weighted by Gasteiger charge is -2.06. The predicted molar refractivity (Wildman–Crippen MR) is 107 cm³/mol. The molecule has 0 atom stereocenters. The Hall–Kier alpha value is -2.76. The van der Waals surface area contributed by atoms with E-state index in [-0.39, 0.29) is 11.7 Å². The minimum Gasteiger partial charge on any atom is -0.451 e. The van der Waals surface area contributed by atoms with Crippen molar-refractivity contribution in [3.63, 3.8) is 0 Å². The van der Waals surface area contributed by atoms with Crippen LogP contribution in [0.5, 0.6) is 0 Å². The third-order valence-corrected chi connectivity index (χ3v) is 4.34. The van der Waals surface area contributed by atoms with Crippen LogP contribution in [0.3, 0.4) is 0 Å². The fraction of sp³-hybridized carbons (Fsp3) is 0.100. The zero-order chi connectivity index (χ0) is 19.4. The van der Waals surface area contributed by atoms with Gasteiger partial charge in [0.25, 0.3) is 5.91 Å². The summed E-state index contributed by atoms with van der Waals surface area (Å²) in [5, 5.41) is 6.48. The molecule has 7 heteroatoms. The van der Waals surface area contributed by atoms with Crippen molar-refractivity contribution < 1.29 is 14.0 Å². The van der Waals surface area contributed by atoms with Crippen LogP contribution in [0.25, 0.3) is 11.3 Å². The Morgan fingerprint density at radius 3 is 2.26 bits per heavy atom. The number of carbonyl (C=O) groups excluding carboxylic acids is 2. The Balaban J connectivity index is 1.71. The van der Waals surface area contributed by atoms with Crippen LogP contribution >= 0.6 is 23.2 Å². The Bertz CT molecular complexity index is 981. The summed E-state index contributed by atoms with van der Waals surface area (Å²) in [6.07, 6.45) is 0.399. The van der Waals surface area contributed by atoms with Gasteiger partial charge >= 0.3 is 0 Å². The van der Waals surface area contributed by atoms with Crippen LogP contribution in [0.15, 0.2) is 59.0 Å². The Morgan fingerprint density at radius 1 is 0.926 bits per heavy atom. The number of amides is 2. The molecule has 1 aromatic heterocycles. The van der Waals surface area contributed by atoms with E-state index in [1.807, 2.05) is 0 Å². The first-order chi connectivity index (χ1) is 13.0. The van der Waals surface area contributed by atoms with E-state index < -0.39 is 5.91 Å². The summed E-state index contributed by atoms with van der Waals surface area (Å²) in [6.45, 7) is 1.78. The summed E-state index contributed by atoms with van der Waals surface area (Å²) >= 11 is 12.2. The summed E-state index contributed by atoms with van der Waals surface area (Å²) < 4.78 is 5.62. The van der Waals surface area contributed by atoms with E-state index in [0.29, 0.717) is 39.2 Å². The number of hydrogen-bond acceptors (Lipinski definition) is 3. The minimum atomic E-state index is -0.398. The van der Waals surface area contributed by atoms with E-state index in [0.717, 1.165) is 0 Å². The molecule has 3 aromatic rings. The molecule has 3 rings (SSSR count). The maximum Gasteiger partial charge on any atom is 0.291 e. The van der Waals surface area contributed by atoms with Crippen LogP contribution < -0.4 is 10.6 Å². The van der Waals surface area contributed by atoms with Crippen LogP contribution in [-0.4, -0.2) is 11.8 Å². The lowest BCUT2D eigenvalue weighted by atomic mass is 10.2. The highest BCUT2D eigenvalue weighted by molar-refractivity contribution is 6.35. The molecule has 2 aromatic carbocycles. The van der Waals surface area contributed by atoms with Crippen LogP contribution in [0, 0.1) is 0 Å². The lowest BCUT2D eigenvalue weighted by molar-refractivity contribution is -0.115. The maximum atomic E-state index is 12.4. The van der Waals surface area contributed by atoms with Gasteiger partial charge in [0, 0.05) is 28.4 Å². The molecular weight excluding hydrogens is 387 g/mol. The number of rotatable bonds is 5. The lowest BCUT2D eigenvalue weighted by Crippen LogP contribution is -2.11. The third-order valence-electron chi connectivity index (χ3n) is 3.77. The van der Waals surface area contributed by atoms with E-state index >= 15 is 0 Å². The van der Waals surface area contributed by atoms with Crippen LogP contribution in [0.4, 0.5) is 11.4 Å². The molecule has 27 heavy (non-hydrogen) atoms. The molecule has 0 unspecified atom stereocenters. The number of benzene rings is 2. The Morgan fingerprint density at radius 2 is 1.59 bits per heavy atom. The first-order valence-corrected chi connectivity index (χ1v) is 8.98. The van der Waals surface area contributed by atoms with Gasteiger partial charge < -0.3 is 15.1 Å². The van der Waals surface area contributed by atoms with Gasteiger partial charge in [0.2, 0.25) is 5.91 Å². The van der Waals surface area contributed by atoms with Gasteiger partial charge in [-0.2, -0.15) is 0 Å². The molecule has 0 saturated heterocycles. The summed E-state index contributed by atoms with van der Waals surface area (Å²) in [5.41, 5.74) is 1.85. The molecule has 0 radical (unpaired) electrons. The highest BCUT2D eigenvalue weighted by atomic mass is 35.5. The molecule has 0 fully saturated rings. The van der Waals surface area contributed by atoms with Crippen molar-refractivity contribution in [1.82, 2.24) is 0 Å². The summed E-state index contributed by atoms with van der Waals surface area (Å²) in [4.78, 5) is 23.8. The molecule has 0 aliphatic heterocycles. The fourth-order valence-electron chi connectivity index (χ4n) is 2.37. The second-order valence-corrected chi connectivity index (χ2v) is 6.56. The van der Waals surface area contributed by atoms with Crippen LogP contribution in [0.2, 0.25) is 10.0 Å². The van der Waals surface area contributed by atoms with Gasteiger partial charge in [0.1, 0.15) is 5.76 Å². The Labute approximate surface area is 166 Å². The van der Waals surface area contributed by atoms with E-state index in [9.17, 15) is 9.59 Å². The quantitative estimate of drug-likeness (QED) is 0.561. The number of anilines is 2. The molecule has 0 spiro atoms. The minimum absolute atomic E-state index is 0.0745. The van der Waals surface area contributed by atoms with Gasteiger partial charge in [0.05, 0.1) is 5.02 Å². The van der Waals surface area contributed by atoms with Crippen molar-refractivity contribution in [3.05, 3.63) is 70.4 Å². The number of carbonyl (C=O) groups is 2. The Kier molecular flexibility index (Phi) is 5.84. The van der Waals surface area contributed by atoms with Gasteiger partial charge in [-0.15, -0.1) is 0 Å². The average Bonchev–Trinajstić information content (AvgIpc) is 3.15. The smallest absolute Gasteiger partial charge is 0.291 e. The summed E-state index contributed by atoms with van der Waals surface area (Å²) in [6, 6.07) is 15.1. The number of nitrogens with one attached hydrogen (secondary N) is 2. The predicted octanol–water partition coefficient (Wildman–Crippen LogP) is 5.85.